The molecule has 1 atom stereocenters. The van der Waals surface area contributed by atoms with Crippen molar-refractivity contribution in [1.29, 1.82) is 0 Å². The molecule has 1 unspecified atom stereocenters. The molecule has 1 aliphatic rings. The molecule has 0 spiro atoms. The summed E-state index contributed by atoms with van der Waals surface area (Å²) in [5.74, 6) is -2.49. The van der Waals surface area contributed by atoms with Gasteiger partial charge in [0, 0.05) is 12.5 Å². The van der Waals surface area contributed by atoms with Crippen LogP contribution >= 0.6 is 0 Å². The average Bonchev–Trinajstić information content (AvgIpc) is 2.22. The maximum atomic E-state index is 13.7. The van der Waals surface area contributed by atoms with Crippen LogP contribution in [0.15, 0.2) is 0 Å². The fourth-order valence-corrected chi connectivity index (χ4v) is 2.37. The van der Waals surface area contributed by atoms with Crippen LogP contribution in [0.4, 0.5) is 8.78 Å². The number of hydrogen-bond acceptors (Lipinski definition) is 1. The van der Waals surface area contributed by atoms with Gasteiger partial charge < -0.3 is 0 Å². The summed E-state index contributed by atoms with van der Waals surface area (Å²) < 4.78 is 27.4. The Bertz CT molecular complexity index is 180. The highest BCUT2D eigenvalue weighted by Gasteiger charge is 2.43. The van der Waals surface area contributed by atoms with Crippen LogP contribution in [0.1, 0.15) is 46.5 Å². The molecule has 14 heavy (non-hydrogen) atoms. The van der Waals surface area contributed by atoms with E-state index in [4.69, 9.17) is 0 Å². The number of rotatable bonds is 2. The van der Waals surface area contributed by atoms with E-state index in [2.05, 4.69) is 0 Å². The van der Waals surface area contributed by atoms with E-state index in [9.17, 15) is 8.78 Å². The Morgan fingerprint density at radius 1 is 1.36 bits per heavy atom. The fraction of sp³-hybridized carbons (Fsp3) is 1.00. The fourth-order valence-electron chi connectivity index (χ4n) is 2.37. The SMILES string of the molecule is CCC1N(C(C)C)CCCCC1(F)F. The standard InChI is InChI=1S/C11H21F2N/c1-4-10-11(12,13)7-5-6-8-14(10)9(2)3/h9-10H,4-8H2,1-3H3. The zero-order chi connectivity index (χ0) is 10.8. The molecule has 84 valence electrons. The Morgan fingerprint density at radius 3 is 2.50 bits per heavy atom. The van der Waals surface area contributed by atoms with Crippen molar-refractivity contribution in [2.75, 3.05) is 6.54 Å². The highest BCUT2D eigenvalue weighted by atomic mass is 19.3. The van der Waals surface area contributed by atoms with E-state index < -0.39 is 12.0 Å². The van der Waals surface area contributed by atoms with Gasteiger partial charge in [-0.05, 0) is 39.7 Å². The predicted molar refractivity (Wildman–Crippen MR) is 54.7 cm³/mol. The average molecular weight is 205 g/mol. The number of alkyl halides is 2. The van der Waals surface area contributed by atoms with Crippen LogP contribution in [0.25, 0.3) is 0 Å². The van der Waals surface area contributed by atoms with Gasteiger partial charge in [-0.1, -0.05) is 6.92 Å². The van der Waals surface area contributed by atoms with Crippen LogP contribution in [0.2, 0.25) is 0 Å². The monoisotopic (exact) mass is 205 g/mol. The normalized spacial score (nSPS) is 29.1. The van der Waals surface area contributed by atoms with E-state index in [1.54, 1.807) is 0 Å². The van der Waals surface area contributed by atoms with Gasteiger partial charge in [0.05, 0.1) is 6.04 Å². The molecule has 0 aromatic carbocycles. The molecule has 0 aliphatic carbocycles. The highest BCUT2D eigenvalue weighted by molar-refractivity contribution is 4.88. The highest BCUT2D eigenvalue weighted by Crippen LogP contribution is 2.34. The molecule has 3 heteroatoms. The molecular weight excluding hydrogens is 184 g/mol. The molecule has 1 aliphatic heterocycles. The van der Waals surface area contributed by atoms with Crippen LogP contribution in [-0.4, -0.2) is 29.5 Å². The number of hydrogen-bond donors (Lipinski definition) is 0. The molecule has 0 aromatic heterocycles. The van der Waals surface area contributed by atoms with Gasteiger partial charge in [0.15, 0.2) is 0 Å². The summed E-state index contributed by atoms with van der Waals surface area (Å²) in [4.78, 5) is 1.97. The summed E-state index contributed by atoms with van der Waals surface area (Å²) in [5.41, 5.74) is 0. The molecular formula is C11H21F2N. The summed E-state index contributed by atoms with van der Waals surface area (Å²) in [6.07, 6.45) is 2.18. The first-order valence-electron chi connectivity index (χ1n) is 5.62. The van der Waals surface area contributed by atoms with Gasteiger partial charge in [-0.15, -0.1) is 0 Å². The van der Waals surface area contributed by atoms with Crippen molar-refractivity contribution >= 4 is 0 Å². The van der Waals surface area contributed by atoms with Crippen molar-refractivity contribution in [3.05, 3.63) is 0 Å². The zero-order valence-corrected chi connectivity index (χ0v) is 9.39. The molecule has 1 fully saturated rings. The second-order valence-electron chi connectivity index (χ2n) is 4.47. The van der Waals surface area contributed by atoms with Crippen molar-refractivity contribution in [3.8, 4) is 0 Å². The maximum Gasteiger partial charge on any atom is 0.263 e. The lowest BCUT2D eigenvalue weighted by Crippen LogP contribution is -2.49. The molecule has 0 bridgehead atoms. The summed E-state index contributed by atoms with van der Waals surface area (Å²) in [5, 5.41) is 0. The maximum absolute atomic E-state index is 13.7. The van der Waals surface area contributed by atoms with E-state index in [0.717, 1.165) is 13.0 Å². The minimum absolute atomic E-state index is 0.0642. The first kappa shape index (κ1) is 11.9. The van der Waals surface area contributed by atoms with E-state index >= 15 is 0 Å². The molecule has 0 amide bonds. The topological polar surface area (TPSA) is 3.24 Å². The third-order valence-corrected chi connectivity index (χ3v) is 3.11. The lowest BCUT2D eigenvalue weighted by atomic mass is 10.0. The minimum Gasteiger partial charge on any atom is -0.292 e. The van der Waals surface area contributed by atoms with Gasteiger partial charge in [-0.3, -0.25) is 4.90 Å². The first-order valence-corrected chi connectivity index (χ1v) is 5.62. The lowest BCUT2D eigenvalue weighted by Gasteiger charge is -2.36. The Labute approximate surface area is 85.5 Å². The second-order valence-corrected chi connectivity index (χ2v) is 4.47. The number of nitrogens with zero attached hydrogens (tertiary/aromatic N) is 1. The van der Waals surface area contributed by atoms with Crippen LogP contribution in [-0.2, 0) is 0 Å². The van der Waals surface area contributed by atoms with Crippen LogP contribution < -0.4 is 0 Å². The van der Waals surface area contributed by atoms with Crippen molar-refractivity contribution < 1.29 is 8.78 Å². The van der Waals surface area contributed by atoms with Crippen LogP contribution in [0.5, 0.6) is 0 Å². The van der Waals surface area contributed by atoms with Crippen molar-refractivity contribution in [2.45, 2.75) is 64.5 Å². The van der Waals surface area contributed by atoms with E-state index in [0.29, 0.717) is 12.8 Å². The molecule has 0 radical (unpaired) electrons. The Kier molecular flexibility index (Phi) is 3.87. The first-order chi connectivity index (χ1) is 6.49. The van der Waals surface area contributed by atoms with Crippen LogP contribution in [0.3, 0.4) is 0 Å². The van der Waals surface area contributed by atoms with Gasteiger partial charge >= 0.3 is 0 Å². The molecule has 1 rings (SSSR count). The van der Waals surface area contributed by atoms with Crippen molar-refractivity contribution in [1.82, 2.24) is 4.90 Å². The Balaban J connectivity index is 2.81. The Hall–Kier alpha value is -0.180. The van der Waals surface area contributed by atoms with Crippen LogP contribution in [0, 0.1) is 0 Å². The van der Waals surface area contributed by atoms with Crippen molar-refractivity contribution in [3.63, 3.8) is 0 Å². The van der Waals surface area contributed by atoms with Crippen molar-refractivity contribution in [2.24, 2.45) is 0 Å². The summed E-state index contributed by atoms with van der Waals surface area (Å²) >= 11 is 0. The van der Waals surface area contributed by atoms with Gasteiger partial charge in [-0.2, -0.15) is 0 Å². The number of likely N-dealkylation sites (tertiary alicyclic amines) is 1. The third kappa shape index (κ3) is 2.44. The predicted octanol–water partition coefficient (Wildman–Crippen LogP) is 3.29. The largest absolute Gasteiger partial charge is 0.292 e. The molecule has 1 nitrogen and oxygen atoms in total. The quantitative estimate of drug-likeness (QED) is 0.668. The summed E-state index contributed by atoms with van der Waals surface area (Å²) in [7, 11) is 0. The smallest absolute Gasteiger partial charge is 0.263 e. The van der Waals surface area contributed by atoms with Gasteiger partial charge in [0.1, 0.15) is 0 Å². The van der Waals surface area contributed by atoms with E-state index in [-0.39, 0.29) is 12.5 Å². The molecule has 0 N–H and O–H groups in total. The van der Waals surface area contributed by atoms with Gasteiger partial charge in [0.25, 0.3) is 5.92 Å². The molecule has 1 heterocycles. The Morgan fingerprint density at radius 2 is 2.00 bits per heavy atom. The summed E-state index contributed by atoms with van der Waals surface area (Å²) in [6.45, 7) is 6.69. The summed E-state index contributed by atoms with van der Waals surface area (Å²) in [6, 6.07) is -0.325. The lowest BCUT2D eigenvalue weighted by molar-refractivity contribution is -0.0866. The zero-order valence-electron chi connectivity index (χ0n) is 9.39. The second kappa shape index (κ2) is 4.56. The number of halogens is 2. The van der Waals surface area contributed by atoms with Gasteiger partial charge in [0.2, 0.25) is 0 Å². The molecule has 1 saturated heterocycles. The molecule has 0 saturated carbocycles. The molecule has 0 aromatic rings. The minimum atomic E-state index is -2.49. The van der Waals surface area contributed by atoms with E-state index in [1.807, 2.05) is 25.7 Å². The van der Waals surface area contributed by atoms with E-state index in [1.165, 1.54) is 0 Å². The van der Waals surface area contributed by atoms with Gasteiger partial charge in [-0.25, -0.2) is 8.78 Å². The third-order valence-electron chi connectivity index (χ3n) is 3.11.